The largest absolute Gasteiger partial charge is 0.380 e. The Morgan fingerprint density at radius 3 is 2.71 bits per heavy atom. The molecule has 2 saturated heterocycles. The van der Waals surface area contributed by atoms with Crippen molar-refractivity contribution in [2.24, 2.45) is 5.92 Å². The molecular weight excluding hydrogens is 212 g/mol. The number of nitrogens with zero attached hydrogens (tertiary/aromatic N) is 1. The summed E-state index contributed by atoms with van der Waals surface area (Å²) in [4.78, 5) is 2.78. The summed E-state index contributed by atoms with van der Waals surface area (Å²) in [6.45, 7) is 5.56. The van der Waals surface area contributed by atoms with Gasteiger partial charge in [0.1, 0.15) is 0 Å². The third kappa shape index (κ3) is 2.67. The van der Waals surface area contributed by atoms with Gasteiger partial charge in [-0.25, -0.2) is 0 Å². The van der Waals surface area contributed by atoms with E-state index >= 15 is 0 Å². The molecule has 2 atom stereocenters. The highest BCUT2D eigenvalue weighted by Crippen LogP contribution is 2.31. The van der Waals surface area contributed by atoms with Crippen LogP contribution in [0.25, 0.3) is 0 Å². The minimum atomic E-state index is 0.712. The van der Waals surface area contributed by atoms with Gasteiger partial charge in [0, 0.05) is 38.3 Å². The summed E-state index contributed by atoms with van der Waals surface area (Å²) in [6.07, 6.45) is 8.53. The van der Waals surface area contributed by atoms with Gasteiger partial charge >= 0.3 is 0 Å². The lowest BCUT2D eigenvalue weighted by molar-refractivity contribution is 0.0465. The highest BCUT2D eigenvalue weighted by Gasteiger charge is 2.35. The first-order chi connectivity index (χ1) is 8.45. The Labute approximate surface area is 105 Å². The van der Waals surface area contributed by atoms with Gasteiger partial charge in [0.25, 0.3) is 0 Å². The summed E-state index contributed by atoms with van der Waals surface area (Å²) in [6, 6.07) is 1.50. The van der Waals surface area contributed by atoms with Crippen molar-refractivity contribution < 1.29 is 4.74 Å². The van der Waals surface area contributed by atoms with E-state index in [2.05, 4.69) is 10.2 Å². The van der Waals surface area contributed by atoms with Crippen LogP contribution in [-0.4, -0.2) is 49.8 Å². The zero-order valence-corrected chi connectivity index (χ0v) is 10.9. The average molecular weight is 238 g/mol. The SMILES string of the molecule is C1CCC(C2CNCCN2C2CCOC2)CC1. The van der Waals surface area contributed by atoms with Crippen molar-refractivity contribution in [2.75, 3.05) is 32.8 Å². The van der Waals surface area contributed by atoms with Gasteiger partial charge < -0.3 is 10.1 Å². The Balaban J connectivity index is 1.65. The first-order valence-corrected chi connectivity index (χ1v) is 7.49. The minimum absolute atomic E-state index is 0.712. The summed E-state index contributed by atoms with van der Waals surface area (Å²) in [5.41, 5.74) is 0. The fourth-order valence-electron chi connectivity index (χ4n) is 3.93. The molecule has 17 heavy (non-hydrogen) atoms. The number of hydrogen-bond donors (Lipinski definition) is 1. The number of hydrogen-bond acceptors (Lipinski definition) is 3. The molecular formula is C14H26N2O. The quantitative estimate of drug-likeness (QED) is 0.791. The first kappa shape index (κ1) is 11.9. The third-order valence-corrected chi connectivity index (χ3v) is 4.89. The molecule has 98 valence electrons. The van der Waals surface area contributed by atoms with Crippen LogP contribution < -0.4 is 5.32 Å². The van der Waals surface area contributed by atoms with E-state index in [4.69, 9.17) is 4.74 Å². The summed E-state index contributed by atoms with van der Waals surface area (Å²) in [7, 11) is 0. The summed E-state index contributed by atoms with van der Waals surface area (Å²) in [5, 5.41) is 3.60. The van der Waals surface area contributed by atoms with Crippen LogP contribution in [0.1, 0.15) is 38.5 Å². The first-order valence-electron chi connectivity index (χ1n) is 7.49. The molecule has 3 heteroatoms. The molecule has 2 unspecified atom stereocenters. The number of rotatable bonds is 2. The maximum atomic E-state index is 5.58. The van der Waals surface area contributed by atoms with Gasteiger partial charge in [0.05, 0.1) is 6.61 Å². The Bertz CT molecular complexity index is 234. The standard InChI is InChI=1S/C14H26N2O/c1-2-4-12(5-3-1)14-10-15-7-8-16(14)13-6-9-17-11-13/h12-15H,1-11H2. The van der Waals surface area contributed by atoms with Gasteiger partial charge in [-0.05, 0) is 25.2 Å². The van der Waals surface area contributed by atoms with E-state index in [1.807, 2.05) is 0 Å². The monoisotopic (exact) mass is 238 g/mol. The number of ether oxygens (including phenoxy) is 1. The molecule has 1 N–H and O–H groups in total. The molecule has 0 spiro atoms. The van der Waals surface area contributed by atoms with Crippen molar-refractivity contribution in [2.45, 2.75) is 50.6 Å². The normalized spacial score (nSPS) is 37.4. The zero-order chi connectivity index (χ0) is 11.5. The highest BCUT2D eigenvalue weighted by molar-refractivity contribution is 4.91. The Morgan fingerprint density at radius 1 is 1.06 bits per heavy atom. The van der Waals surface area contributed by atoms with E-state index in [9.17, 15) is 0 Å². The van der Waals surface area contributed by atoms with Gasteiger partial charge in [-0.2, -0.15) is 0 Å². The summed E-state index contributed by atoms with van der Waals surface area (Å²) in [5.74, 6) is 0.942. The maximum Gasteiger partial charge on any atom is 0.0622 e. The molecule has 3 fully saturated rings. The van der Waals surface area contributed by atoms with E-state index in [1.165, 1.54) is 58.2 Å². The molecule has 0 aromatic rings. The van der Waals surface area contributed by atoms with Crippen molar-refractivity contribution in [3.05, 3.63) is 0 Å². The lowest BCUT2D eigenvalue weighted by Gasteiger charge is -2.44. The molecule has 1 aliphatic carbocycles. The van der Waals surface area contributed by atoms with Crippen LogP contribution >= 0.6 is 0 Å². The molecule has 3 aliphatic rings. The molecule has 0 amide bonds. The fraction of sp³-hybridized carbons (Fsp3) is 1.00. The molecule has 3 nitrogen and oxygen atoms in total. The van der Waals surface area contributed by atoms with Gasteiger partial charge in [0.15, 0.2) is 0 Å². The molecule has 0 aromatic carbocycles. The van der Waals surface area contributed by atoms with E-state index < -0.39 is 0 Å². The molecule has 3 rings (SSSR count). The van der Waals surface area contributed by atoms with Gasteiger partial charge in [-0.1, -0.05) is 19.3 Å². The number of piperazine rings is 1. The Kier molecular flexibility index (Phi) is 3.99. The van der Waals surface area contributed by atoms with Crippen LogP contribution in [0, 0.1) is 5.92 Å². The predicted molar refractivity (Wildman–Crippen MR) is 69.2 cm³/mol. The second-order valence-electron chi connectivity index (χ2n) is 5.92. The summed E-state index contributed by atoms with van der Waals surface area (Å²) >= 11 is 0. The van der Waals surface area contributed by atoms with Gasteiger partial charge in [-0.3, -0.25) is 4.90 Å². The lowest BCUT2D eigenvalue weighted by Crippen LogP contribution is -2.58. The maximum absolute atomic E-state index is 5.58. The van der Waals surface area contributed by atoms with Crippen LogP contribution in [0.4, 0.5) is 0 Å². The minimum Gasteiger partial charge on any atom is -0.380 e. The van der Waals surface area contributed by atoms with Crippen LogP contribution in [-0.2, 0) is 4.74 Å². The topological polar surface area (TPSA) is 24.5 Å². The van der Waals surface area contributed by atoms with Crippen molar-refractivity contribution in [3.63, 3.8) is 0 Å². The molecule has 2 aliphatic heterocycles. The molecule has 0 bridgehead atoms. The van der Waals surface area contributed by atoms with Crippen LogP contribution in [0.15, 0.2) is 0 Å². The second kappa shape index (κ2) is 5.68. The Morgan fingerprint density at radius 2 is 1.94 bits per heavy atom. The number of nitrogens with one attached hydrogen (secondary N) is 1. The van der Waals surface area contributed by atoms with Crippen molar-refractivity contribution in [1.29, 1.82) is 0 Å². The van der Waals surface area contributed by atoms with Crippen molar-refractivity contribution in [3.8, 4) is 0 Å². The van der Waals surface area contributed by atoms with E-state index in [1.54, 1.807) is 0 Å². The van der Waals surface area contributed by atoms with Crippen LogP contribution in [0.3, 0.4) is 0 Å². The van der Waals surface area contributed by atoms with Crippen LogP contribution in [0.5, 0.6) is 0 Å². The van der Waals surface area contributed by atoms with E-state index in [0.29, 0.717) is 6.04 Å². The van der Waals surface area contributed by atoms with E-state index in [0.717, 1.165) is 25.2 Å². The van der Waals surface area contributed by atoms with Crippen molar-refractivity contribution >= 4 is 0 Å². The molecule has 0 aromatic heterocycles. The van der Waals surface area contributed by atoms with Gasteiger partial charge in [0.2, 0.25) is 0 Å². The molecule has 0 radical (unpaired) electrons. The average Bonchev–Trinajstić information content (AvgIpc) is 2.94. The molecule has 2 heterocycles. The summed E-state index contributed by atoms with van der Waals surface area (Å²) < 4.78 is 5.58. The fourth-order valence-corrected chi connectivity index (χ4v) is 3.93. The third-order valence-electron chi connectivity index (χ3n) is 4.89. The van der Waals surface area contributed by atoms with Gasteiger partial charge in [-0.15, -0.1) is 0 Å². The Hall–Kier alpha value is -0.120. The van der Waals surface area contributed by atoms with Crippen LogP contribution in [0.2, 0.25) is 0 Å². The lowest BCUT2D eigenvalue weighted by atomic mass is 9.82. The second-order valence-corrected chi connectivity index (χ2v) is 5.92. The van der Waals surface area contributed by atoms with E-state index in [-0.39, 0.29) is 0 Å². The smallest absolute Gasteiger partial charge is 0.0622 e. The highest BCUT2D eigenvalue weighted by atomic mass is 16.5. The zero-order valence-electron chi connectivity index (χ0n) is 10.9. The van der Waals surface area contributed by atoms with Crippen molar-refractivity contribution in [1.82, 2.24) is 10.2 Å². The molecule has 1 saturated carbocycles. The predicted octanol–water partition coefficient (Wildman–Crippen LogP) is 1.63.